The maximum atomic E-state index is 13.3. The van der Waals surface area contributed by atoms with Gasteiger partial charge in [0.1, 0.15) is 11.5 Å². The molecule has 0 amide bonds. The summed E-state index contributed by atoms with van der Waals surface area (Å²) in [5.41, 5.74) is 1.90. The largest absolute Gasteiger partial charge is 0.508 e. The molecular weight excluding hydrogens is 653 g/mol. The molecule has 0 spiro atoms. The van der Waals surface area contributed by atoms with Gasteiger partial charge < -0.3 is 14.9 Å². The summed E-state index contributed by atoms with van der Waals surface area (Å²) in [4.78, 5) is 13.3. The van der Waals surface area contributed by atoms with Crippen LogP contribution in [0.3, 0.4) is 0 Å². The lowest BCUT2D eigenvalue weighted by molar-refractivity contribution is -0.145. The van der Waals surface area contributed by atoms with E-state index in [1.165, 1.54) is 180 Å². The van der Waals surface area contributed by atoms with E-state index < -0.39 is 0 Å². The molecule has 0 aliphatic rings. The van der Waals surface area contributed by atoms with Gasteiger partial charge in [0.05, 0.1) is 13.0 Å². The topological polar surface area (TPSA) is 66.8 Å². The normalized spacial score (nSPS) is 11.5. The Morgan fingerprint density at radius 3 is 1.04 bits per heavy atom. The second kappa shape index (κ2) is 32.9. The molecule has 0 aliphatic carbocycles. The van der Waals surface area contributed by atoms with Gasteiger partial charge in [0.25, 0.3) is 0 Å². The van der Waals surface area contributed by atoms with Gasteiger partial charge >= 0.3 is 5.97 Å². The zero-order valence-corrected chi connectivity index (χ0v) is 34.6. The Hall–Kier alpha value is -2.49. The molecule has 53 heavy (non-hydrogen) atoms. The Bertz CT molecular complexity index is 1020. The Kier molecular flexibility index (Phi) is 29.0. The summed E-state index contributed by atoms with van der Waals surface area (Å²) < 4.78 is 6.03. The van der Waals surface area contributed by atoms with Crippen LogP contribution in [-0.2, 0) is 9.53 Å². The summed E-state index contributed by atoms with van der Waals surface area (Å²) >= 11 is 0. The monoisotopic (exact) mass is 735 g/mol. The molecule has 0 fully saturated rings. The van der Waals surface area contributed by atoms with Crippen LogP contribution in [0.5, 0.6) is 11.5 Å². The Morgan fingerprint density at radius 1 is 0.453 bits per heavy atom. The number of aromatic hydroxyl groups is 2. The van der Waals surface area contributed by atoms with Crippen LogP contribution in [0.25, 0.3) is 0 Å². The molecule has 0 bridgehead atoms. The number of phenolic OH excluding ortho intramolecular Hbond substituents is 2. The first-order valence-electron chi connectivity index (χ1n) is 22.8. The summed E-state index contributed by atoms with van der Waals surface area (Å²) in [5, 5.41) is 19.7. The molecule has 302 valence electrons. The number of carbonyl (C=O) groups excluding carboxylic acids is 1. The van der Waals surface area contributed by atoms with E-state index in [1.54, 1.807) is 24.3 Å². The van der Waals surface area contributed by atoms with Crippen LogP contribution in [0.4, 0.5) is 0 Å². The number of esters is 1. The molecule has 0 atom stereocenters. The quantitative estimate of drug-likeness (QED) is 0.0540. The van der Waals surface area contributed by atoms with Gasteiger partial charge in [0, 0.05) is 5.92 Å². The number of unbranched alkanes of at least 4 members (excludes halogenated alkanes) is 26. The van der Waals surface area contributed by atoms with Gasteiger partial charge in [-0.3, -0.25) is 4.79 Å². The summed E-state index contributed by atoms with van der Waals surface area (Å²) in [6.07, 6.45) is 40.9. The second-order valence-corrected chi connectivity index (χ2v) is 16.3. The van der Waals surface area contributed by atoms with E-state index in [2.05, 4.69) is 13.8 Å². The van der Waals surface area contributed by atoms with Gasteiger partial charge in [-0.25, -0.2) is 0 Å². The average Bonchev–Trinajstić information content (AvgIpc) is 3.16. The van der Waals surface area contributed by atoms with Gasteiger partial charge in [-0.05, 0) is 54.2 Å². The van der Waals surface area contributed by atoms with E-state index >= 15 is 0 Å². The first-order chi connectivity index (χ1) is 26.0. The lowest BCUT2D eigenvalue weighted by Gasteiger charge is -2.20. The van der Waals surface area contributed by atoms with E-state index in [0.717, 1.165) is 24.0 Å². The highest BCUT2D eigenvalue weighted by Gasteiger charge is 2.21. The third-order valence-electron chi connectivity index (χ3n) is 11.4. The maximum absolute atomic E-state index is 13.3. The molecule has 2 aromatic carbocycles. The predicted molar refractivity (Wildman–Crippen MR) is 227 cm³/mol. The number of carbonyl (C=O) groups is 1. The van der Waals surface area contributed by atoms with Crippen molar-refractivity contribution in [2.75, 3.05) is 6.61 Å². The summed E-state index contributed by atoms with van der Waals surface area (Å²) in [7, 11) is 0. The van der Waals surface area contributed by atoms with Gasteiger partial charge in [0.15, 0.2) is 0 Å². The van der Waals surface area contributed by atoms with Crippen molar-refractivity contribution < 1.29 is 19.7 Å². The van der Waals surface area contributed by atoms with Gasteiger partial charge in [-0.1, -0.05) is 218 Å². The molecule has 2 N–H and O–H groups in total. The molecule has 0 unspecified atom stereocenters. The third kappa shape index (κ3) is 25.3. The molecular formula is C49H82O4. The van der Waals surface area contributed by atoms with Crippen molar-refractivity contribution in [2.24, 2.45) is 5.92 Å². The van der Waals surface area contributed by atoms with Gasteiger partial charge in [-0.15, -0.1) is 0 Å². The van der Waals surface area contributed by atoms with Crippen molar-refractivity contribution in [1.82, 2.24) is 0 Å². The number of phenols is 2. The van der Waals surface area contributed by atoms with Crippen LogP contribution in [-0.4, -0.2) is 22.8 Å². The molecule has 2 rings (SSSR count). The van der Waals surface area contributed by atoms with Crippen LogP contribution < -0.4 is 0 Å². The van der Waals surface area contributed by atoms with Crippen molar-refractivity contribution in [3.05, 3.63) is 59.7 Å². The average molecular weight is 735 g/mol. The van der Waals surface area contributed by atoms with E-state index in [-0.39, 0.29) is 29.8 Å². The zero-order valence-electron chi connectivity index (χ0n) is 34.6. The Morgan fingerprint density at radius 2 is 0.736 bits per heavy atom. The molecule has 0 radical (unpaired) electrons. The van der Waals surface area contributed by atoms with Crippen LogP contribution in [0, 0.1) is 5.92 Å². The Balaban J connectivity index is 1.73. The lowest BCUT2D eigenvalue weighted by Crippen LogP contribution is -2.17. The van der Waals surface area contributed by atoms with Crippen molar-refractivity contribution >= 4 is 5.97 Å². The summed E-state index contributed by atoms with van der Waals surface area (Å²) in [6.45, 7) is 5.08. The van der Waals surface area contributed by atoms with Crippen LogP contribution in [0.1, 0.15) is 230 Å². The highest BCUT2D eigenvalue weighted by atomic mass is 16.5. The lowest BCUT2D eigenvalue weighted by atomic mass is 9.88. The number of ether oxygens (including phenoxy) is 1. The SMILES string of the molecule is CCCCCCCCCCCCCCCCC(CCCCCCCCCCCCCCCC)COC(=O)CC(c1ccc(O)cc1)c1ccc(O)cc1. The number of hydrogen-bond donors (Lipinski definition) is 2. The second-order valence-electron chi connectivity index (χ2n) is 16.3. The van der Waals surface area contributed by atoms with E-state index in [0.29, 0.717) is 12.5 Å². The molecule has 0 saturated carbocycles. The molecule has 0 aliphatic heterocycles. The fourth-order valence-electron chi connectivity index (χ4n) is 7.84. The smallest absolute Gasteiger partial charge is 0.306 e. The number of hydrogen-bond acceptors (Lipinski definition) is 4. The maximum Gasteiger partial charge on any atom is 0.306 e. The van der Waals surface area contributed by atoms with Crippen molar-refractivity contribution in [2.45, 2.75) is 219 Å². The van der Waals surface area contributed by atoms with E-state index in [1.807, 2.05) is 24.3 Å². The van der Waals surface area contributed by atoms with Crippen molar-refractivity contribution in [1.29, 1.82) is 0 Å². The molecule has 0 saturated heterocycles. The molecule has 4 heteroatoms. The van der Waals surface area contributed by atoms with Crippen LogP contribution in [0.2, 0.25) is 0 Å². The highest BCUT2D eigenvalue weighted by Crippen LogP contribution is 2.31. The molecule has 0 aromatic heterocycles. The van der Waals surface area contributed by atoms with E-state index in [4.69, 9.17) is 4.74 Å². The number of benzene rings is 2. The van der Waals surface area contributed by atoms with Crippen LogP contribution >= 0.6 is 0 Å². The fraction of sp³-hybridized carbons (Fsp3) is 0.735. The van der Waals surface area contributed by atoms with E-state index in [9.17, 15) is 15.0 Å². The zero-order chi connectivity index (χ0) is 38.0. The first-order valence-corrected chi connectivity index (χ1v) is 22.8. The van der Waals surface area contributed by atoms with Crippen LogP contribution in [0.15, 0.2) is 48.5 Å². The molecule has 2 aromatic rings. The molecule has 0 heterocycles. The fourth-order valence-corrected chi connectivity index (χ4v) is 7.84. The highest BCUT2D eigenvalue weighted by molar-refractivity contribution is 5.71. The third-order valence-corrected chi connectivity index (χ3v) is 11.4. The minimum absolute atomic E-state index is 0.178. The minimum Gasteiger partial charge on any atom is -0.508 e. The number of rotatable bonds is 36. The summed E-state index contributed by atoms with van der Waals surface area (Å²) in [5.74, 6) is 0.461. The minimum atomic E-state index is -0.196. The standard InChI is InChI=1S/C49H82O4/c1-3-5-7-9-11-13-15-17-19-21-23-25-27-29-31-43(32-30-28-26-24-22-20-18-16-14-12-10-8-6-4-2)42-53-49(52)41-48(44-33-37-46(50)38-34-44)45-35-39-47(51)40-36-45/h33-40,43,48,50-51H,3-32,41-42H2,1-2H3. The summed E-state index contributed by atoms with van der Waals surface area (Å²) in [6, 6.07) is 14.1. The van der Waals surface area contributed by atoms with Crippen molar-refractivity contribution in [3.8, 4) is 11.5 Å². The predicted octanol–water partition coefficient (Wildman–Crippen LogP) is 15.5. The van der Waals surface area contributed by atoms with Gasteiger partial charge in [-0.2, -0.15) is 0 Å². The first kappa shape index (κ1) is 46.7. The molecule has 4 nitrogen and oxygen atoms in total. The van der Waals surface area contributed by atoms with Crippen molar-refractivity contribution in [3.63, 3.8) is 0 Å². The Labute approximate surface area is 327 Å². The van der Waals surface area contributed by atoms with Gasteiger partial charge in [0.2, 0.25) is 0 Å².